The van der Waals surface area contributed by atoms with Crippen LogP contribution in [0.25, 0.3) is 21.9 Å². The predicted molar refractivity (Wildman–Crippen MR) is 119 cm³/mol. The van der Waals surface area contributed by atoms with E-state index in [9.17, 15) is 22.0 Å². The number of fused-ring (bicyclic) bond motifs is 1. The second kappa shape index (κ2) is 9.50. The summed E-state index contributed by atoms with van der Waals surface area (Å²) < 4.78 is 86.7. The molecule has 4 aromatic carbocycles. The number of methoxy groups -OCH3 is 1. The van der Waals surface area contributed by atoms with E-state index in [4.69, 9.17) is 4.74 Å². The van der Waals surface area contributed by atoms with Crippen LogP contribution in [0.3, 0.4) is 0 Å². The summed E-state index contributed by atoms with van der Waals surface area (Å²) in [7, 11) is 1.53. The van der Waals surface area contributed by atoms with Gasteiger partial charge in [0.15, 0.2) is 0 Å². The van der Waals surface area contributed by atoms with Gasteiger partial charge < -0.3 is 4.74 Å². The Morgan fingerprint density at radius 1 is 0.735 bits per heavy atom. The molecule has 0 saturated heterocycles. The maximum absolute atomic E-state index is 15.1. The van der Waals surface area contributed by atoms with Crippen molar-refractivity contribution in [2.24, 2.45) is 0 Å². The molecule has 0 aliphatic rings. The summed E-state index contributed by atoms with van der Waals surface area (Å²) in [4.78, 5) is 0. The van der Waals surface area contributed by atoms with Gasteiger partial charge in [0.2, 0.25) is 0 Å². The van der Waals surface area contributed by atoms with Gasteiger partial charge in [0.05, 0.1) is 12.2 Å². The van der Waals surface area contributed by atoms with E-state index in [0.29, 0.717) is 51.3 Å². The van der Waals surface area contributed by atoms with E-state index in [2.05, 4.69) is 0 Å². The van der Waals surface area contributed by atoms with Crippen LogP contribution < -0.4 is 0 Å². The number of hydrogen-bond donors (Lipinski definition) is 0. The van der Waals surface area contributed by atoms with Crippen LogP contribution in [0.4, 0.5) is 26.3 Å². The fourth-order valence-electron chi connectivity index (χ4n) is 3.97. The highest BCUT2D eigenvalue weighted by Gasteiger charge is 2.33. The standard InChI is InChI=1S/C27H20F6O/c1-34-15-17-3-9-21(24(28)13-17)19-8-10-22-20(14-19)7-6-18(26(22)30)5-2-16-4-11-23(25(29)12-16)27(31,32)33/h3-4,6-14H,2,5,15H2,1H3. The Hall–Kier alpha value is -3.32. The van der Waals surface area contributed by atoms with Gasteiger partial charge in [0.1, 0.15) is 17.5 Å². The zero-order valence-corrected chi connectivity index (χ0v) is 18.1. The number of rotatable bonds is 6. The van der Waals surface area contributed by atoms with Gasteiger partial charge in [-0.05, 0) is 64.7 Å². The monoisotopic (exact) mass is 474 g/mol. The molecule has 0 bridgehead atoms. The summed E-state index contributed by atoms with van der Waals surface area (Å²) in [5, 5.41) is 0.927. The Bertz CT molecular complexity index is 1340. The molecule has 0 N–H and O–H groups in total. The molecule has 0 aliphatic heterocycles. The molecule has 0 aliphatic carbocycles. The summed E-state index contributed by atoms with van der Waals surface area (Å²) in [5.41, 5.74) is 1.06. The lowest BCUT2D eigenvalue weighted by molar-refractivity contribution is -0.140. The van der Waals surface area contributed by atoms with Crippen molar-refractivity contribution < 1.29 is 31.1 Å². The first kappa shape index (κ1) is 23.8. The molecule has 7 heteroatoms. The molecule has 0 heterocycles. The van der Waals surface area contributed by atoms with E-state index in [1.165, 1.54) is 19.2 Å². The van der Waals surface area contributed by atoms with Crippen molar-refractivity contribution in [1.82, 2.24) is 0 Å². The van der Waals surface area contributed by atoms with Crippen LogP contribution in [0, 0.1) is 17.5 Å². The van der Waals surface area contributed by atoms with E-state index >= 15 is 4.39 Å². The van der Waals surface area contributed by atoms with Crippen molar-refractivity contribution in [3.63, 3.8) is 0 Å². The lowest BCUT2D eigenvalue weighted by atomic mass is 9.96. The zero-order valence-electron chi connectivity index (χ0n) is 18.1. The molecule has 176 valence electrons. The second-order valence-corrected chi connectivity index (χ2v) is 8.03. The molecule has 0 aromatic heterocycles. The number of aryl methyl sites for hydroxylation is 2. The van der Waals surface area contributed by atoms with E-state index < -0.39 is 29.2 Å². The molecular formula is C27H20F6O. The van der Waals surface area contributed by atoms with Crippen molar-refractivity contribution in [2.75, 3.05) is 7.11 Å². The SMILES string of the molecule is COCc1ccc(-c2ccc3c(F)c(CCc4ccc(C(F)(F)F)c(F)c4)ccc3c2)c(F)c1. The largest absolute Gasteiger partial charge is 0.419 e. The van der Waals surface area contributed by atoms with Gasteiger partial charge in [-0.1, -0.05) is 42.5 Å². The fraction of sp³-hybridized carbons (Fsp3) is 0.185. The number of benzene rings is 4. The number of halogens is 6. The summed E-state index contributed by atoms with van der Waals surface area (Å²) in [6, 6.07) is 15.7. The average molecular weight is 474 g/mol. The van der Waals surface area contributed by atoms with Crippen molar-refractivity contribution >= 4 is 10.8 Å². The highest BCUT2D eigenvalue weighted by molar-refractivity contribution is 5.88. The first-order valence-corrected chi connectivity index (χ1v) is 10.5. The van der Waals surface area contributed by atoms with Gasteiger partial charge in [-0.3, -0.25) is 0 Å². The van der Waals surface area contributed by atoms with Crippen LogP contribution >= 0.6 is 0 Å². The van der Waals surface area contributed by atoms with Gasteiger partial charge in [-0.25, -0.2) is 13.2 Å². The summed E-state index contributed by atoms with van der Waals surface area (Å²) in [5.74, 6) is -2.22. The average Bonchev–Trinajstić information content (AvgIpc) is 2.78. The Balaban J connectivity index is 1.56. The third-order valence-electron chi connectivity index (χ3n) is 5.71. The molecule has 0 spiro atoms. The van der Waals surface area contributed by atoms with E-state index in [1.54, 1.807) is 42.5 Å². The Labute approximate surface area is 192 Å². The molecular weight excluding hydrogens is 454 g/mol. The topological polar surface area (TPSA) is 9.23 Å². The quantitative estimate of drug-likeness (QED) is 0.258. The highest BCUT2D eigenvalue weighted by Crippen LogP contribution is 2.32. The van der Waals surface area contributed by atoms with E-state index in [0.717, 1.165) is 6.07 Å². The summed E-state index contributed by atoms with van der Waals surface area (Å²) in [6.45, 7) is 0.294. The Kier molecular flexibility index (Phi) is 6.66. The third-order valence-corrected chi connectivity index (χ3v) is 5.71. The smallest absolute Gasteiger partial charge is 0.380 e. The molecule has 4 rings (SSSR count). The Morgan fingerprint density at radius 2 is 1.47 bits per heavy atom. The normalized spacial score (nSPS) is 11.9. The van der Waals surface area contributed by atoms with Crippen LogP contribution in [-0.2, 0) is 30.4 Å². The van der Waals surface area contributed by atoms with Crippen LogP contribution in [0.2, 0.25) is 0 Å². The lowest BCUT2D eigenvalue weighted by Crippen LogP contribution is -2.08. The van der Waals surface area contributed by atoms with Crippen molar-refractivity contribution in [3.8, 4) is 11.1 Å². The van der Waals surface area contributed by atoms with Gasteiger partial charge in [0.25, 0.3) is 0 Å². The van der Waals surface area contributed by atoms with Crippen molar-refractivity contribution in [2.45, 2.75) is 25.6 Å². The molecule has 0 atom stereocenters. The minimum absolute atomic E-state index is 0.175. The molecule has 0 unspecified atom stereocenters. The number of alkyl halides is 3. The van der Waals surface area contributed by atoms with E-state index in [1.807, 2.05) is 0 Å². The van der Waals surface area contributed by atoms with Crippen LogP contribution in [0.1, 0.15) is 22.3 Å². The molecule has 0 radical (unpaired) electrons. The molecule has 0 fully saturated rings. The zero-order chi connectivity index (χ0) is 24.5. The van der Waals surface area contributed by atoms with Gasteiger partial charge in [-0.15, -0.1) is 0 Å². The van der Waals surface area contributed by atoms with Gasteiger partial charge >= 0.3 is 6.18 Å². The van der Waals surface area contributed by atoms with Crippen molar-refractivity contribution in [1.29, 1.82) is 0 Å². The Morgan fingerprint density at radius 3 is 2.15 bits per heavy atom. The molecule has 1 nitrogen and oxygen atoms in total. The predicted octanol–water partition coefficient (Wildman–Crippen LogP) is 7.87. The number of ether oxygens (including phenoxy) is 1. The lowest BCUT2D eigenvalue weighted by Gasteiger charge is -2.11. The first-order chi connectivity index (χ1) is 16.2. The fourth-order valence-corrected chi connectivity index (χ4v) is 3.97. The highest BCUT2D eigenvalue weighted by atomic mass is 19.4. The van der Waals surface area contributed by atoms with E-state index in [-0.39, 0.29) is 12.8 Å². The van der Waals surface area contributed by atoms with Crippen molar-refractivity contribution in [3.05, 3.63) is 106 Å². The minimum Gasteiger partial charge on any atom is -0.380 e. The summed E-state index contributed by atoms with van der Waals surface area (Å²) >= 11 is 0. The maximum Gasteiger partial charge on any atom is 0.419 e. The molecule has 4 aromatic rings. The molecule has 0 saturated carbocycles. The van der Waals surface area contributed by atoms with Crippen LogP contribution in [-0.4, -0.2) is 7.11 Å². The molecule has 0 amide bonds. The van der Waals surface area contributed by atoms with Crippen LogP contribution in [0.5, 0.6) is 0 Å². The number of hydrogen-bond acceptors (Lipinski definition) is 1. The first-order valence-electron chi connectivity index (χ1n) is 10.5. The third kappa shape index (κ3) is 4.94. The van der Waals surface area contributed by atoms with Gasteiger partial charge in [0, 0.05) is 18.1 Å². The maximum atomic E-state index is 15.1. The second-order valence-electron chi connectivity index (χ2n) is 8.03. The van der Waals surface area contributed by atoms with Crippen LogP contribution in [0.15, 0.2) is 66.7 Å². The summed E-state index contributed by atoms with van der Waals surface area (Å²) in [6.07, 6.45) is -4.40. The van der Waals surface area contributed by atoms with Gasteiger partial charge in [-0.2, -0.15) is 13.2 Å². The minimum atomic E-state index is -4.76. The molecule has 34 heavy (non-hydrogen) atoms.